The fourth-order valence-electron chi connectivity index (χ4n) is 3.01. The van der Waals surface area contributed by atoms with Crippen molar-refractivity contribution in [3.63, 3.8) is 0 Å². The first-order valence-electron chi connectivity index (χ1n) is 7.84. The molecule has 0 radical (unpaired) electrons. The highest BCUT2D eigenvalue weighted by molar-refractivity contribution is 5.78. The number of fused-ring (bicyclic) bond motifs is 1. The van der Waals surface area contributed by atoms with E-state index in [4.69, 9.17) is 9.37 Å². The van der Waals surface area contributed by atoms with Crippen LogP contribution in [0.1, 0.15) is 19.4 Å². The molecule has 2 atom stereocenters. The number of rotatable bonds is 4. The zero-order valence-electron chi connectivity index (χ0n) is 13.7. The van der Waals surface area contributed by atoms with Crippen molar-refractivity contribution in [2.45, 2.75) is 32.6 Å². The highest BCUT2D eigenvalue weighted by atomic mass is 16.6. The van der Waals surface area contributed by atoms with E-state index in [2.05, 4.69) is 10.3 Å². The standard InChI is InChI=1S/C16H22N4O3/c1-11-7-20(8-12(2)22-11)16(21)10-19(3)9-13-4-5-14-15(6-13)18-23-17-14/h4-6,11-12H,7-10H2,1-3H3/t11-,12+. The molecule has 0 spiro atoms. The van der Waals surface area contributed by atoms with Crippen LogP contribution >= 0.6 is 0 Å². The number of amides is 1. The normalized spacial score (nSPS) is 22.0. The number of ether oxygens (including phenoxy) is 1. The molecule has 7 nitrogen and oxygen atoms in total. The Hall–Kier alpha value is -1.99. The average molecular weight is 318 g/mol. The van der Waals surface area contributed by atoms with Crippen molar-refractivity contribution < 1.29 is 14.2 Å². The van der Waals surface area contributed by atoms with Crippen LogP contribution in [0.5, 0.6) is 0 Å². The molecule has 0 bridgehead atoms. The van der Waals surface area contributed by atoms with Crippen molar-refractivity contribution in [2.24, 2.45) is 0 Å². The molecule has 1 amide bonds. The molecule has 2 heterocycles. The van der Waals surface area contributed by atoms with Gasteiger partial charge in [-0.1, -0.05) is 6.07 Å². The number of carbonyl (C=O) groups is 1. The third-order valence-corrected chi connectivity index (χ3v) is 3.95. The molecular weight excluding hydrogens is 296 g/mol. The summed E-state index contributed by atoms with van der Waals surface area (Å²) in [6.45, 7) is 6.38. The van der Waals surface area contributed by atoms with Crippen LogP contribution in [0.25, 0.3) is 11.0 Å². The van der Waals surface area contributed by atoms with Gasteiger partial charge < -0.3 is 9.64 Å². The molecule has 1 saturated heterocycles. The van der Waals surface area contributed by atoms with E-state index in [1.807, 2.05) is 48.9 Å². The van der Waals surface area contributed by atoms with Gasteiger partial charge in [-0.25, -0.2) is 4.63 Å². The summed E-state index contributed by atoms with van der Waals surface area (Å²) in [7, 11) is 1.94. The molecule has 3 rings (SSSR count). The van der Waals surface area contributed by atoms with Crippen molar-refractivity contribution in [3.8, 4) is 0 Å². The van der Waals surface area contributed by atoms with Crippen LogP contribution in [0, 0.1) is 0 Å². The maximum atomic E-state index is 12.5. The highest BCUT2D eigenvalue weighted by Gasteiger charge is 2.26. The van der Waals surface area contributed by atoms with Gasteiger partial charge in [-0.2, -0.15) is 0 Å². The Kier molecular flexibility index (Phi) is 4.58. The van der Waals surface area contributed by atoms with Crippen LogP contribution in [0.4, 0.5) is 0 Å². The Morgan fingerprint density at radius 1 is 1.26 bits per heavy atom. The first kappa shape index (κ1) is 15.9. The number of carbonyl (C=O) groups excluding carboxylic acids is 1. The van der Waals surface area contributed by atoms with E-state index in [1.165, 1.54) is 0 Å². The van der Waals surface area contributed by atoms with Crippen LogP contribution in [0.15, 0.2) is 22.8 Å². The van der Waals surface area contributed by atoms with Crippen molar-refractivity contribution in [2.75, 3.05) is 26.7 Å². The molecule has 0 unspecified atom stereocenters. The Balaban J connectivity index is 1.57. The van der Waals surface area contributed by atoms with Crippen LogP contribution in [0.2, 0.25) is 0 Å². The van der Waals surface area contributed by atoms with Gasteiger partial charge in [-0.15, -0.1) is 0 Å². The molecule has 0 aliphatic carbocycles. The molecule has 0 N–H and O–H groups in total. The number of nitrogens with zero attached hydrogens (tertiary/aromatic N) is 4. The minimum Gasteiger partial charge on any atom is -0.372 e. The molecule has 1 fully saturated rings. The van der Waals surface area contributed by atoms with Gasteiger partial charge in [0.2, 0.25) is 5.91 Å². The number of hydrogen-bond donors (Lipinski definition) is 0. The number of aromatic nitrogens is 2. The van der Waals surface area contributed by atoms with Gasteiger partial charge >= 0.3 is 0 Å². The SMILES string of the molecule is C[C@@H]1CN(C(=O)CN(C)Cc2ccc3nonc3c2)C[C@H](C)O1. The third-order valence-electron chi connectivity index (χ3n) is 3.95. The summed E-state index contributed by atoms with van der Waals surface area (Å²) in [5.74, 6) is 0.138. The lowest BCUT2D eigenvalue weighted by Gasteiger charge is -2.36. The maximum Gasteiger partial charge on any atom is 0.236 e. The Morgan fingerprint density at radius 3 is 2.70 bits per heavy atom. The fraction of sp³-hybridized carbons (Fsp3) is 0.562. The molecule has 7 heteroatoms. The van der Waals surface area contributed by atoms with Crippen molar-refractivity contribution in [1.82, 2.24) is 20.1 Å². The average Bonchev–Trinajstić information content (AvgIpc) is 2.93. The lowest BCUT2D eigenvalue weighted by Crippen LogP contribution is -2.50. The van der Waals surface area contributed by atoms with E-state index in [-0.39, 0.29) is 18.1 Å². The smallest absolute Gasteiger partial charge is 0.236 e. The first-order valence-corrected chi connectivity index (χ1v) is 7.84. The topological polar surface area (TPSA) is 71.7 Å². The van der Waals surface area contributed by atoms with E-state index in [0.717, 1.165) is 16.6 Å². The van der Waals surface area contributed by atoms with Gasteiger partial charge in [0.15, 0.2) is 0 Å². The van der Waals surface area contributed by atoms with Crippen LogP contribution in [-0.2, 0) is 16.1 Å². The van der Waals surface area contributed by atoms with E-state index < -0.39 is 0 Å². The summed E-state index contributed by atoms with van der Waals surface area (Å²) in [6, 6.07) is 5.79. The quantitative estimate of drug-likeness (QED) is 0.846. The first-order chi connectivity index (χ1) is 11.0. The summed E-state index contributed by atoms with van der Waals surface area (Å²) >= 11 is 0. The van der Waals surface area contributed by atoms with Gasteiger partial charge in [0.1, 0.15) is 11.0 Å². The molecular formula is C16H22N4O3. The molecule has 2 aromatic rings. The highest BCUT2D eigenvalue weighted by Crippen LogP contribution is 2.14. The van der Waals surface area contributed by atoms with Gasteiger partial charge in [-0.3, -0.25) is 9.69 Å². The van der Waals surface area contributed by atoms with Gasteiger partial charge in [0.25, 0.3) is 0 Å². The van der Waals surface area contributed by atoms with Crippen LogP contribution < -0.4 is 0 Å². The minimum atomic E-state index is 0.0927. The summed E-state index contributed by atoms with van der Waals surface area (Å²) in [6.07, 6.45) is 0.185. The predicted molar refractivity (Wildman–Crippen MR) is 84.7 cm³/mol. The number of morpholine rings is 1. The largest absolute Gasteiger partial charge is 0.372 e. The predicted octanol–water partition coefficient (Wildman–Crippen LogP) is 1.29. The number of likely N-dealkylation sites (N-methyl/N-ethyl adjacent to an activating group) is 1. The van der Waals surface area contributed by atoms with Crippen LogP contribution in [-0.4, -0.2) is 64.9 Å². The molecule has 124 valence electrons. The Labute approximate surface area is 135 Å². The van der Waals surface area contributed by atoms with E-state index >= 15 is 0 Å². The molecule has 1 aromatic heterocycles. The fourth-order valence-corrected chi connectivity index (χ4v) is 3.01. The Morgan fingerprint density at radius 2 is 1.96 bits per heavy atom. The minimum absolute atomic E-state index is 0.0927. The molecule has 1 aliphatic rings. The zero-order chi connectivity index (χ0) is 16.4. The number of benzene rings is 1. The van der Waals surface area contributed by atoms with Gasteiger partial charge in [-0.05, 0) is 48.9 Å². The van der Waals surface area contributed by atoms with E-state index in [0.29, 0.717) is 26.2 Å². The lowest BCUT2D eigenvalue weighted by molar-refractivity contribution is -0.144. The van der Waals surface area contributed by atoms with Crippen molar-refractivity contribution in [1.29, 1.82) is 0 Å². The van der Waals surface area contributed by atoms with Crippen LogP contribution in [0.3, 0.4) is 0 Å². The van der Waals surface area contributed by atoms with E-state index in [1.54, 1.807) is 0 Å². The van der Waals surface area contributed by atoms with E-state index in [9.17, 15) is 4.79 Å². The maximum absolute atomic E-state index is 12.5. The summed E-state index contributed by atoms with van der Waals surface area (Å²) in [5.41, 5.74) is 2.55. The third kappa shape index (κ3) is 3.86. The molecule has 0 saturated carbocycles. The Bertz CT molecular complexity index is 677. The molecule has 23 heavy (non-hydrogen) atoms. The van der Waals surface area contributed by atoms with Crippen molar-refractivity contribution >= 4 is 16.9 Å². The summed E-state index contributed by atoms with van der Waals surface area (Å²) < 4.78 is 10.4. The lowest BCUT2D eigenvalue weighted by atomic mass is 10.2. The second kappa shape index (κ2) is 6.64. The summed E-state index contributed by atoms with van der Waals surface area (Å²) in [4.78, 5) is 16.3. The molecule has 1 aliphatic heterocycles. The second-order valence-corrected chi connectivity index (χ2v) is 6.32. The number of hydrogen-bond acceptors (Lipinski definition) is 6. The summed E-state index contributed by atoms with van der Waals surface area (Å²) in [5, 5.41) is 7.63. The second-order valence-electron chi connectivity index (χ2n) is 6.32. The zero-order valence-corrected chi connectivity index (χ0v) is 13.7. The van der Waals surface area contributed by atoms with Gasteiger partial charge in [0, 0.05) is 19.6 Å². The monoisotopic (exact) mass is 318 g/mol. The van der Waals surface area contributed by atoms with Crippen molar-refractivity contribution in [3.05, 3.63) is 23.8 Å². The van der Waals surface area contributed by atoms with Gasteiger partial charge in [0.05, 0.1) is 18.8 Å². The molecule has 1 aromatic carbocycles.